The Morgan fingerprint density at radius 3 is 2.71 bits per heavy atom. The largest absolute Gasteiger partial charge is 0.465 e. The lowest BCUT2D eigenvalue weighted by Gasteiger charge is -2.32. The first-order valence-corrected chi connectivity index (χ1v) is 5.93. The number of nitrogens with one attached hydrogen (secondary N) is 2. The van der Waals surface area contributed by atoms with Crippen LogP contribution < -0.4 is 10.6 Å². The minimum absolute atomic E-state index is 0.0248. The Labute approximate surface area is 100 Å². The van der Waals surface area contributed by atoms with Crippen molar-refractivity contribution in [2.24, 2.45) is 0 Å². The van der Waals surface area contributed by atoms with E-state index in [-0.39, 0.29) is 12.1 Å². The summed E-state index contributed by atoms with van der Waals surface area (Å²) in [5, 5.41) is 14.7. The van der Waals surface area contributed by atoms with Crippen LogP contribution >= 0.6 is 0 Å². The summed E-state index contributed by atoms with van der Waals surface area (Å²) in [6, 6.07) is 5.78. The van der Waals surface area contributed by atoms with Gasteiger partial charge in [-0.3, -0.25) is 0 Å². The van der Waals surface area contributed by atoms with E-state index in [1.807, 2.05) is 18.2 Å². The van der Waals surface area contributed by atoms with E-state index in [0.717, 1.165) is 31.5 Å². The molecule has 2 rings (SSSR count). The van der Waals surface area contributed by atoms with Gasteiger partial charge in [0.25, 0.3) is 0 Å². The molecule has 0 aliphatic heterocycles. The third-order valence-electron chi connectivity index (χ3n) is 3.07. The van der Waals surface area contributed by atoms with Crippen LogP contribution in [0.5, 0.6) is 0 Å². The number of carbonyl (C=O) groups is 1. The van der Waals surface area contributed by atoms with Crippen molar-refractivity contribution in [2.75, 3.05) is 5.32 Å². The summed E-state index contributed by atoms with van der Waals surface area (Å²) >= 11 is 0. The average molecular weight is 235 g/mol. The number of hydrogen-bond donors (Lipinski definition) is 3. The fraction of sp³-hybridized carbons (Fsp3) is 0.500. The fourth-order valence-corrected chi connectivity index (χ4v) is 2.27. The number of rotatable bonds is 3. The van der Waals surface area contributed by atoms with E-state index in [2.05, 4.69) is 15.6 Å². The van der Waals surface area contributed by atoms with Gasteiger partial charge in [0.2, 0.25) is 0 Å². The van der Waals surface area contributed by atoms with E-state index in [1.54, 1.807) is 6.20 Å². The number of carboxylic acid groups (broad SMARTS) is 1. The van der Waals surface area contributed by atoms with Crippen LogP contribution in [0.4, 0.5) is 10.6 Å². The van der Waals surface area contributed by atoms with Crippen molar-refractivity contribution >= 4 is 11.9 Å². The van der Waals surface area contributed by atoms with Crippen molar-refractivity contribution in [3.8, 4) is 0 Å². The van der Waals surface area contributed by atoms with Crippen LogP contribution in [0.15, 0.2) is 24.4 Å². The van der Waals surface area contributed by atoms with Crippen LogP contribution in [0, 0.1) is 0 Å². The molecule has 0 radical (unpaired) electrons. The van der Waals surface area contributed by atoms with E-state index in [4.69, 9.17) is 5.11 Å². The Hall–Kier alpha value is -1.78. The minimum atomic E-state index is -0.954. The third kappa shape index (κ3) is 3.34. The molecule has 1 saturated carbocycles. The summed E-state index contributed by atoms with van der Waals surface area (Å²) in [5.41, 5.74) is 0. The summed E-state index contributed by atoms with van der Waals surface area (Å²) in [5.74, 6) is 0.802. The molecular weight excluding hydrogens is 218 g/mol. The molecule has 92 valence electrons. The first-order chi connectivity index (χ1) is 8.25. The quantitative estimate of drug-likeness (QED) is 0.749. The van der Waals surface area contributed by atoms with E-state index >= 15 is 0 Å². The molecule has 5 heteroatoms. The first kappa shape index (κ1) is 11.7. The standard InChI is InChI=1S/C12H17N3O2/c16-12(17)15-10-6-2-1-5-9(10)14-11-7-3-4-8-13-11/h3-4,7-10,15H,1-2,5-6H2,(H,13,14)(H,16,17)/t9-,10-/m1/s1. The highest BCUT2D eigenvalue weighted by molar-refractivity contribution is 5.65. The summed E-state index contributed by atoms with van der Waals surface area (Å²) in [6.45, 7) is 0. The Kier molecular flexibility index (Phi) is 3.80. The van der Waals surface area contributed by atoms with Gasteiger partial charge in [-0.1, -0.05) is 18.9 Å². The van der Waals surface area contributed by atoms with Gasteiger partial charge in [0, 0.05) is 12.2 Å². The van der Waals surface area contributed by atoms with Crippen molar-refractivity contribution in [3.63, 3.8) is 0 Å². The Morgan fingerprint density at radius 2 is 2.06 bits per heavy atom. The molecular formula is C12H17N3O2. The van der Waals surface area contributed by atoms with Crippen LogP contribution in [0.25, 0.3) is 0 Å². The molecule has 1 aliphatic carbocycles. The van der Waals surface area contributed by atoms with Crippen LogP contribution in [-0.2, 0) is 0 Å². The summed E-state index contributed by atoms with van der Waals surface area (Å²) in [4.78, 5) is 14.9. The number of anilines is 1. The van der Waals surface area contributed by atoms with Crippen molar-refractivity contribution < 1.29 is 9.90 Å². The molecule has 3 N–H and O–H groups in total. The lowest BCUT2D eigenvalue weighted by Crippen LogP contribution is -2.48. The molecule has 1 aromatic heterocycles. The summed E-state index contributed by atoms with van der Waals surface area (Å²) in [6.07, 6.45) is 4.83. The highest BCUT2D eigenvalue weighted by atomic mass is 16.4. The molecule has 1 fully saturated rings. The zero-order valence-corrected chi connectivity index (χ0v) is 9.60. The molecule has 0 bridgehead atoms. The SMILES string of the molecule is O=C(O)N[C@@H]1CCCC[C@H]1Nc1ccccn1. The van der Waals surface area contributed by atoms with Gasteiger partial charge < -0.3 is 15.7 Å². The van der Waals surface area contributed by atoms with Crippen LogP contribution in [0.3, 0.4) is 0 Å². The van der Waals surface area contributed by atoms with Gasteiger partial charge in [-0.25, -0.2) is 9.78 Å². The molecule has 0 aromatic carbocycles. The average Bonchev–Trinajstić information content (AvgIpc) is 2.32. The number of hydrogen-bond acceptors (Lipinski definition) is 3. The predicted molar refractivity (Wildman–Crippen MR) is 65.1 cm³/mol. The molecule has 17 heavy (non-hydrogen) atoms. The van der Waals surface area contributed by atoms with Crippen LogP contribution in [-0.4, -0.2) is 28.3 Å². The summed E-state index contributed by atoms with van der Waals surface area (Å²) < 4.78 is 0. The molecule has 1 heterocycles. The zero-order chi connectivity index (χ0) is 12.1. The molecule has 1 amide bonds. The van der Waals surface area contributed by atoms with Crippen molar-refractivity contribution in [1.82, 2.24) is 10.3 Å². The zero-order valence-electron chi connectivity index (χ0n) is 9.60. The topological polar surface area (TPSA) is 74.2 Å². The number of amides is 1. The molecule has 0 saturated heterocycles. The van der Waals surface area contributed by atoms with Crippen LogP contribution in [0.1, 0.15) is 25.7 Å². The number of nitrogens with zero attached hydrogens (tertiary/aromatic N) is 1. The lowest BCUT2D eigenvalue weighted by molar-refractivity contribution is 0.184. The maximum atomic E-state index is 10.7. The van der Waals surface area contributed by atoms with Gasteiger partial charge in [0.1, 0.15) is 5.82 Å². The number of pyridine rings is 1. The molecule has 1 aliphatic rings. The van der Waals surface area contributed by atoms with E-state index in [1.165, 1.54) is 0 Å². The van der Waals surface area contributed by atoms with Gasteiger partial charge in [0.05, 0.1) is 6.04 Å². The maximum Gasteiger partial charge on any atom is 0.404 e. The van der Waals surface area contributed by atoms with Gasteiger partial charge >= 0.3 is 6.09 Å². The fourth-order valence-electron chi connectivity index (χ4n) is 2.27. The van der Waals surface area contributed by atoms with Gasteiger partial charge in [-0.2, -0.15) is 0 Å². The lowest BCUT2D eigenvalue weighted by atomic mass is 9.90. The van der Waals surface area contributed by atoms with Gasteiger partial charge in [0.15, 0.2) is 0 Å². The second kappa shape index (κ2) is 5.52. The second-order valence-corrected chi connectivity index (χ2v) is 4.31. The normalized spacial score (nSPS) is 24.0. The molecule has 2 atom stereocenters. The molecule has 0 spiro atoms. The van der Waals surface area contributed by atoms with E-state index in [0.29, 0.717) is 0 Å². The minimum Gasteiger partial charge on any atom is -0.465 e. The predicted octanol–water partition coefficient (Wildman–Crippen LogP) is 2.07. The van der Waals surface area contributed by atoms with Crippen LogP contribution in [0.2, 0.25) is 0 Å². The van der Waals surface area contributed by atoms with E-state index in [9.17, 15) is 4.79 Å². The first-order valence-electron chi connectivity index (χ1n) is 5.93. The van der Waals surface area contributed by atoms with Gasteiger partial charge in [-0.05, 0) is 25.0 Å². The smallest absolute Gasteiger partial charge is 0.404 e. The highest BCUT2D eigenvalue weighted by Crippen LogP contribution is 2.21. The maximum absolute atomic E-state index is 10.7. The van der Waals surface area contributed by atoms with Crippen molar-refractivity contribution in [2.45, 2.75) is 37.8 Å². The van der Waals surface area contributed by atoms with Gasteiger partial charge in [-0.15, -0.1) is 0 Å². The number of aromatic nitrogens is 1. The Morgan fingerprint density at radius 1 is 1.29 bits per heavy atom. The highest BCUT2D eigenvalue weighted by Gasteiger charge is 2.26. The molecule has 5 nitrogen and oxygen atoms in total. The Bertz CT molecular complexity index is 369. The third-order valence-corrected chi connectivity index (χ3v) is 3.07. The molecule has 1 aromatic rings. The Balaban J connectivity index is 1.99. The van der Waals surface area contributed by atoms with Crippen molar-refractivity contribution in [3.05, 3.63) is 24.4 Å². The van der Waals surface area contributed by atoms with E-state index < -0.39 is 6.09 Å². The summed E-state index contributed by atoms with van der Waals surface area (Å²) in [7, 11) is 0. The second-order valence-electron chi connectivity index (χ2n) is 4.31. The monoisotopic (exact) mass is 235 g/mol. The molecule has 0 unspecified atom stereocenters. The van der Waals surface area contributed by atoms with Crippen molar-refractivity contribution in [1.29, 1.82) is 0 Å².